The van der Waals surface area contributed by atoms with Crippen molar-refractivity contribution in [2.24, 2.45) is 5.41 Å². The number of anilines is 1. The first-order chi connectivity index (χ1) is 12.1. The van der Waals surface area contributed by atoms with Crippen LogP contribution in [0.4, 0.5) is 5.69 Å². The number of nitrogens with one attached hydrogen (secondary N) is 1. The van der Waals surface area contributed by atoms with Crippen molar-refractivity contribution in [2.45, 2.75) is 44.8 Å². The van der Waals surface area contributed by atoms with Gasteiger partial charge in [-0.25, -0.2) is 0 Å². The van der Waals surface area contributed by atoms with Crippen LogP contribution in [-0.4, -0.2) is 36.1 Å². The molecule has 0 bridgehead atoms. The molecule has 1 aromatic rings. The Morgan fingerprint density at radius 1 is 1.24 bits per heavy atom. The van der Waals surface area contributed by atoms with Crippen LogP contribution < -0.4 is 5.32 Å². The summed E-state index contributed by atoms with van der Waals surface area (Å²) in [5, 5.41) is 3.03. The minimum absolute atomic E-state index is 0.0103. The molecule has 1 saturated heterocycles. The van der Waals surface area contributed by atoms with E-state index in [1.165, 1.54) is 0 Å². The molecule has 2 atom stereocenters. The van der Waals surface area contributed by atoms with Gasteiger partial charge in [0.05, 0.1) is 0 Å². The van der Waals surface area contributed by atoms with E-state index in [0.717, 1.165) is 36.1 Å². The molecule has 132 valence electrons. The number of piperidine rings is 1. The largest absolute Gasteiger partial charge is 0.354 e. The molecule has 3 aliphatic heterocycles. The maximum atomic E-state index is 12.8. The second kappa shape index (κ2) is 5.70. The van der Waals surface area contributed by atoms with Gasteiger partial charge in [-0.15, -0.1) is 0 Å². The van der Waals surface area contributed by atoms with Crippen LogP contribution in [0, 0.1) is 5.41 Å². The highest BCUT2D eigenvalue weighted by molar-refractivity contribution is 6.06. The molecule has 25 heavy (non-hydrogen) atoms. The standard InChI is InChI=1S/C20H24N2O3/c1-3-19-10-6-12-22-18(24)13-15(20(19,22)25-2)14-7-4-5-8-16(14)21-17(23)9-11-19/h4-5,7-8,13H,3,6,9-12H2,1-2H3,(H,21,23)/t19-,20-/m1/s1. The second-order valence-electron chi connectivity index (χ2n) is 7.23. The summed E-state index contributed by atoms with van der Waals surface area (Å²) in [6.07, 6.45) is 5.61. The number of carbonyl (C=O) groups is 2. The van der Waals surface area contributed by atoms with E-state index < -0.39 is 5.72 Å². The van der Waals surface area contributed by atoms with Crippen LogP contribution in [-0.2, 0) is 14.3 Å². The van der Waals surface area contributed by atoms with Crippen molar-refractivity contribution >= 4 is 23.1 Å². The van der Waals surface area contributed by atoms with Crippen molar-refractivity contribution in [3.05, 3.63) is 35.9 Å². The number of carbonyl (C=O) groups excluding carboxylic acids is 2. The number of rotatable bonds is 2. The zero-order valence-corrected chi connectivity index (χ0v) is 14.8. The smallest absolute Gasteiger partial charge is 0.249 e. The van der Waals surface area contributed by atoms with Crippen molar-refractivity contribution in [1.82, 2.24) is 4.90 Å². The Morgan fingerprint density at radius 3 is 2.80 bits per heavy atom. The fraction of sp³-hybridized carbons (Fsp3) is 0.500. The monoisotopic (exact) mass is 340 g/mol. The molecule has 1 fully saturated rings. The molecule has 4 rings (SSSR count). The lowest BCUT2D eigenvalue weighted by atomic mass is 9.63. The fourth-order valence-electron chi connectivity index (χ4n) is 5.16. The Balaban J connectivity index is 2.02. The van der Waals surface area contributed by atoms with Gasteiger partial charge < -0.3 is 15.0 Å². The molecular weight excluding hydrogens is 316 g/mol. The molecule has 1 aromatic carbocycles. The summed E-state index contributed by atoms with van der Waals surface area (Å²) in [4.78, 5) is 27.2. The summed E-state index contributed by atoms with van der Waals surface area (Å²) in [7, 11) is 1.70. The van der Waals surface area contributed by atoms with E-state index in [-0.39, 0.29) is 17.2 Å². The lowest BCUT2D eigenvalue weighted by molar-refractivity contribution is -0.197. The van der Waals surface area contributed by atoms with Crippen molar-refractivity contribution in [3.8, 4) is 0 Å². The molecule has 0 unspecified atom stereocenters. The van der Waals surface area contributed by atoms with E-state index in [1.807, 2.05) is 29.2 Å². The molecule has 0 aliphatic carbocycles. The predicted octanol–water partition coefficient (Wildman–Crippen LogP) is 3.18. The first kappa shape index (κ1) is 16.3. The van der Waals surface area contributed by atoms with Crippen LogP contribution >= 0.6 is 0 Å². The van der Waals surface area contributed by atoms with Gasteiger partial charge in [-0.1, -0.05) is 25.1 Å². The van der Waals surface area contributed by atoms with E-state index in [9.17, 15) is 9.59 Å². The maximum Gasteiger partial charge on any atom is 0.249 e. The number of hydrogen-bond donors (Lipinski definition) is 1. The molecule has 0 spiro atoms. The van der Waals surface area contributed by atoms with Crippen LogP contribution in [0.3, 0.4) is 0 Å². The van der Waals surface area contributed by atoms with Crippen LogP contribution in [0.1, 0.15) is 44.6 Å². The number of benzene rings is 1. The third-order valence-corrected chi connectivity index (χ3v) is 6.33. The first-order valence-electron chi connectivity index (χ1n) is 9.06. The van der Waals surface area contributed by atoms with Crippen LogP contribution in [0.5, 0.6) is 0 Å². The molecule has 2 amide bonds. The van der Waals surface area contributed by atoms with Gasteiger partial charge in [0.2, 0.25) is 11.8 Å². The third-order valence-electron chi connectivity index (χ3n) is 6.33. The van der Waals surface area contributed by atoms with E-state index in [4.69, 9.17) is 4.74 Å². The number of fused-ring (bicyclic) bond motifs is 2. The normalized spacial score (nSPS) is 31.3. The first-order valence-corrected chi connectivity index (χ1v) is 9.06. The van der Waals surface area contributed by atoms with Gasteiger partial charge in [-0.3, -0.25) is 9.59 Å². The van der Waals surface area contributed by atoms with Crippen molar-refractivity contribution in [2.75, 3.05) is 19.0 Å². The summed E-state index contributed by atoms with van der Waals surface area (Å²) in [6, 6.07) is 7.71. The summed E-state index contributed by atoms with van der Waals surface area (Å²) >= 11 is 0. The minimum Gasteiger partial charge on any atom is -0.354 e. The number of hydrogen-bond acceptors (Lipinski definition) is 3. The molecular formula is C20H24N2O3. The quantitative estimate of drug-likeness (QED) is 0.899. The van der Waals surface area contributed by atoms with Crippen LogP contribution in [0.2, 0.25) is 0 Å². The van der Waals surface area contributed by atoms with Crippen LogP contribution in [0.25, 0.3) is 5.57 Å². The Kier molecular flexibility index (Phi) is 3.72. The molecule has 1 N–H and O–H groups in total. The maximum absolute atomic E-state index is 12.8. The molecule has 0 aromatic heterocycles. The highest BCUT2D eigenvalue weighted by Gasteiger charge is 2.63. The third kappa shape index (κ3) is 2.05. The number of para-hydroxylation sites is 1. The minimum atomic E-state index is -0.792. The van der Waals surface area contributed by atoms with E-state index in [1.54, 1.807) is 13.2 Å². The average molecular weight is 340 g/mol. The SMILES string of the molecule is CC[C@@]12CCCN3C(=O)C=C(c4ccccc4NC(=O)CC1)[C@]32OC. The van der Waals surface area contributed by atoms with Crippen molar-refractivity contribution in [1.29, 1.82) is 0 Å². The van der Waals surface area contributed by atoms with Gasteiger partial charge in [0.1, 0.15) is 0 Å². The molecule has 3 heterocycles. The Labute approximate surface area is 148 Å². The summed E-state index contributed by atoms with van der Waals surface area (Å²) in [6.45, 7) is 2.84. The number of methoxy groups -OCH3 is 1. The van der Waals surface area contributed by atoms with Crippen molar-refractivity contribution in [3.63, 3.8) is 0 Å². The number of amides is 2. The van der Waals surface area contributed by atoms with Crippen LogP contribution in [0.15, 0.2) is 30.3 Å². The molecule has 0 radical (unpaired) electrons. The molecule has 3 aliphatic rings. The van der Waals surface area contributed by atoms with Gasteiger partial charge >= 0.3 is 0 Å². The topological polar surface area (TPSA) is 58.6 Å². The van der Waals surface area contributed by atoms with Gasteiger partial charge in [0, 0.05) is 48.4 Å². The van der Waals surface area contributed by atoms with Gasteiger partial charge in [-0.05, 0) is 31.7 Å². The average Bonchev–Trinajstić information content (AvgIpc) is 2.95. The van der Waals surface area contributed by atoms with Crippen molar-refractivity contribution < 1.29 is 14.3 Å². The summed E-state index contributed by atoms with van der Waals surface area (Å²) in [5.74, 6) is 0.0339. The molecule has 5 heteroatoms. The van der Waals surface area contributed by atoms with Gasteiger partial charge in [0.25, 0.3) is 0 Å². The Hall–Kier alpha value is -2.14. The molecule has 5 nitrogen and oxygen atoms in total. The highest BCUT2D eigenvalue weighted by Crippen LogP contribution is 2.59. The highest BCUT2D eigenvalue weighted by atomic mass is 16.5. The summed E-state index contributed by atoms with van der Waals surface area (Å²) < 4.78 is 6.22. The predicted molar refractivity (Wildman–Crippen MR) is 95.7 cm³/mol. The van der Waals surface area contributed by atoms with E-state index in [0.29, 0.717) is 19.4 Å². The lowest BCUT2D eigenvalue weighted by Crippen LogP contribution is -2.63. The zero-order chi connectivity index (χ0) is 17.7. The van der Waals surface area contributed by atoms with Gasteiger partial charge in [0.15, 0.2) is 5.72 Å². The molecule has 0 saturated carbocycles. The van der Waals surface area contributed by atoms with E-state index in [2.05, 4.69) is 12.2 Å². The van der Waals surface area contributed by atoms with Gasteiger partial charge in [-0.2, -0.15) is 0 Å². The zero-order valence-electron chi connectivity index (χ0n) is 14.8. The Morgan fingerprint density at radius 2 is 2.04 bits per heavy atom. The fourth-order valence-corrected chi connectivity index (χ4v) is 5.16. The number of ether oxygens (including phenoxy) is 1. The van der Waals surface area contributed by atoms with E-state index >= 15 is 0 Å². The Bertz CT molecular complexity index is 772. The number of nitrogens with zero attached hydrogens (tertiary/aromatic N) is 1. The second-order valence-corrected chi connectivity index (χ2v) is 7.23. The summed E-state index contributed by atoms with van der Waals surface area (Å²) in [5.41, 5.74) is 1.48. The lowest BCUT2D eigenvalue weighted by Gasteiger charge is -2.56.